The number of fused-ring (bicyclic) bond motifs is 1. The lowest BCUT2D eigenvalue weighted by Crippen LogP contribution is -2.33. The molecule has 0 radical (unpaired) electrons. The number of esters is 1. The summed E-state index contributed by atoms with van der Waals surface area (Å²) in [4.78, 5) is 12.7. The Bertz CT molecular complexity index is 922. The predicted octanol–water partition coefficient (Wildman–Crippen LogP) is 6.90. The van der Waals surface area contributed by atoms with Gasteiger partial charge in [-0.3, -0.25) is 0 Å². The summed E-state index contributed by atoms with van der Waals surface area (Å²) in [5.74, 6) is -0.294. The summed E-state index contributed by atoms with van der Waals surface area (Å²) >= 11 is 3.50. The molecule has 1 aliphatic carbocycles. The summed E-state index contributed by atoms with van der Waals surface area (Å²) in [5.41, 5.74) is 5.58. The lowest BCUT2D eigenvalue weighted by atomic mass is 9.63. The van der Waals surface area contributed by atoms with Crippen molar-refractivity contribution < 1.29 is 9.53 Å². The number of rotatable bonds is 4. The van der Waals surface area contributed by atoms with Crippen LogP contribution in [0.2, 0.25) is 0 Å². The molecule has 0 saturated heterocycles. The molecule has 0 N–H and O–H groups in total. The largest absolute Gasteiger partial charge is 0.462 e. The molecular weight excluding hydrogens is 412 g/mol. The molecule has 2 aromatic rings. The maximum absolute atomic E-state index is 12.7. The minimum atomic E-state index is -0.294. The van der Waals surface area contributed by atoms with E-state index in [2.05, 4.69) is 61.8 Å². The van der Waals surface area contributed by atoms with Gasteiger partial charge in [0.05, 0.1) is 12.2 Å². The van der Waals surface area contributed by atoms with Gasteiger partial charge in [-0.05, 0) is 71.1 Å². The van der Waals surface area contributed by atoms with E-state index in [4.69, 9.17) is 4.74 Å². The van der Waals surface area contributed by atoms with E-state index >= 15 is 0 Å². The van der Waals surface area contributed by atoms with E-state index in [1.165, 1.54) is 17.5 Å². The Balaban J connectivity index is 2.12. The molecule has 3 rings (SSSR count). The highest BCUT2D eigenvalue weighted by Gasteiger charge is 2.36. The van der Waals surface area contributed by atoms with Gasteiger partial charge in [0.25, 0.3) is 0 Å². The van der Waals surface area contributed by atoms with Crippen molar-refractivity contribution in [1.29, 1.82) is 0 Å². The molecule has 0 amide bonds. The van der Waals surface area contributed by atoms with E-state index in [1.54, 1.807) is 0 Å². The predicted molar refractivity (Wildman–Crippen MR) is 120 cm³/mol. The second-order valence-electron chi connectivity index (χ2n) is 8.86. The Kier molecular flexibility index (Phi) is 5.86. The molecule has 0 spiro atoms. The van der Waals surface area contributed by atoms with Crippen LogP contribution in [0.15, 0.2) is 46.9 Å². The third-order valence-corrected chi connectivity index (χ3v) is 6.31. The van der Waals surface area contributed by atoms with Gasteiger partial charge in [-0.25, -0.2) is 4.79 Å². The second-order valence-corrected chi connectivity index (χ2v) is 9.78. The van der Waals surface area contributed by atoms with Crippen LogP contribution in [-0.4, -0.2) is 12.6 Å². The maximum Gasteiger partial charge on any atom is 0.338 e. The topological polar surface area (TPSA) is 26.3 Å². The van der Waals surface area contributed by atoms with Crippen molar-refractivity contribution in [2.24, 2.45) is 0 Å². The normalized spacial score (nSPS) is 17.7. The molecule has 0 aliphatic heterocycles. The van der Waals surface area contributed by atoms with Crippen LogP contribution in [0.3, 0.4) is 0 Å². The van der Waals surface area contributed by atoms with Crippen LogP contribution in [0.5, 0.6) is 0 Å². The van der Waals surface area contributed by atoms with Crippen LogP contribution in [0.25, 0.3) is 11.6 Å². The van der Waals surface area contributed by atoms with Crippen LogP contribution in [0, 0.1) is 0 Å². The van der Waals surface area contributed by atoms with E-state index < -0.39 is 0 Å². The monoisotopic (exact) mass is 440 g/mol. The van der Waals surface area contributed by atoms with Gasteiger partial charge in [0.2, 0.25) is 0 Å². The number of halogens is 1. The minimum absolute atomic E-state index is 0.134. The highest BCUT2D eigenvalue weighted by atomic mass is 79.9. The zero-order valence-electron chi connectivity index (χ0n) is 17.4. The average molecular weight is 441 g/mol. The van der Waals surface area contributed by atoms with Crippen molar-refractivity contribution >= 4 is 33.5 Å². The minimum Gasteiger partial charge on any atom is -0.462 e. The van der Waals surface area contributed by atoms with Gasteiger partial charge < -0.3 is 4.74 Å². The second kappa shape index (κ2) is 7.87. The van der Waals surface area contributed by atoms with Crippen molar-refractivity contribution in [3.05, 3.63) is 69.2 Å². The highest BCUT2D eigenvalue weighted by Crippen LogP contribution is 2.46. The van der Waals surface area contributed by atoms with E-state index in [1.807, 2.05) is 37.3 Å². The smallest absolute Gasteiger partial charge is 0.338 e. The third kappa shape index (κ3) is 4.25. The van der Waals surface area contributed by atoms with E-state index in [0.717, 1.165) is 22.0 Å². The molecule has 3 heteroatoms. The molecule has 0 aromatic heterocycles. The number of hydrogen-bond acceptors (Lipinski definition) is 2. The van der Waals surface area contributed by atoms with E-state index in [-0.39, 0.29) is 16.8 Å². The number of hydrogen-bond donors (Lipinski definition) is 0. The first-order valence-electron chi connectivity index (χ1n) is 9.94. The maximum atomic E-state index is 12.7. The molecule has 28 heavy (non-hydrogen) atoms. The molecule has 0 atom stereocenters. The van der Waals surface area contributed by atoms with Crippen molar-refractivity contribution in [2.75, 3.05) is 6.61 Å². The lowest BCUT2D eigenvalue weighted by Gasteiger charge is -2.42. The van der Waals surface area contributed by atoms with Crippen LogP contribution < -0.4 is 0 Å². The zero-order valence-corrected chi connectivity index (χ0v) is 19.0. The number of benzene rings is 2. The Morgan fingerprint density at radius 3 is 2.36 bits per heavy atom. The summed E-state index contributed by atoms with van der Waals surface area (Å²) in [5, 5.41) is 0. The molecule has 0 bridgehead atoms. The Labute approximate surface area is 177 Å². The molecule has 148 valence electrons. The van der Waals surface area contributed by atoms with Crippen LogP contribution in [0.4, 0.5) is 0 Å². The van der Waals surface area contributed by atoms with Gasteiger partial charge in [-0.15, -0.1) is 0 Å². The number of carbonyl (C=O) groups excluding carboxylic acids is 1. The summed E-state index contributed by atoms with van der Waals surface area (Å²) in [6.45, 7) is 11.5. The van der Waals surface area contributed by atoms with Gasteiger partial charge >= 0.3 is 5.97 Å². The molecule has 0 heterocycles. The fourth-order valence-corrected chi connectivity index (χ4v) is 4.39. The molecule has 0 unspecified atom stereocenters. The SMILES string of the molecule is CCOC(=O)C(=Cc1ccc2c(c1)C(C)(C)CCC2(C)C)c1cccc(Br)c1. The Morgan fingerprint density at radius 1 is 1.04 bits per heavy atom. The number of carbonyl (C=O) groups is 1. The molecule has 2 nitrogen and oxygen atoms in total. The average Bonchev–Trinajstić information content (AvgIpc) is 2.64. The molecular formula is C25H29BrO2. The van der Waals surface area contributed by atoms with Gasteiger partial charge in [-0.2, -0.15) is 0 Å². The van der Waals surface area contributed by atoms with Gasteiger partial charge in [0.1, 0.15) is 0 Å². The fraction of sp³-hybridized carbons (Fsp3) is 0.400. The first kappa shape index (κ1) is 20.9. The molecule has 2 aromatic carbocycles. The van der Waals surface area contributed by atoms with E-state index in [0.29, 0.717) is 12.2 Å². The fourth-order valence-electron chi connectivity index (χ4n) is 3.99. The first-order chi connectivity index (χ1) is 13.1. The van der Waals surface area contributed by atoms with Crippen molar-refractivity contribution in [3.63, 3.8) is 0 Å². The first-order valence-corrected chi connectivity index (χ1v) is 10.7. The number of ether oxygens (including phenoxy) is 1. The van der Waals surface area contributed by atoms with Gasteiger partial charge in [-0.1, -0.05) is 74.0 Å². The standard InChI is InChI=1S/C25H29BrO2/c1-6-28-23(27)20(18-8-7-9-19(26)16-18)14-17-10-11-21-22(15-17)25(4,5)13-12-24(21,2)3/h7-11,14-16H,6,12-13H2,1-5H3. The van der Waals surface area contributed by atoms with Crippen molar-refractivity contribution in [1.82, 2.24) is 0 Å². The Morgan fingerprint density at radius 2 is 1.71 bits per heavy atom. The third-order valence-electron chi connectivity index (χ3n) is 5.82. The summed E-state index contributed by atoms with van der Waals surface area (Å²) in [7, 11) is 0. The summed E-state index contributed by atoms with van der Waals surface area (Å²) in [6.07, 6.45) is 4.31. The van der Waals surface area contributed by atoms with Crippen LogP contribution >= 0.6 is 15.9 Å². The van der Waals surface area contributed by atoms with Crippen LogP contribution in [0.1, 0.15) is 69.7 Å². The molecule has 1 aliphatic rings. The van der Waals surface area contributed by atoms with Gasteiger partial charge in [0.15, 0.2) is 0 Å². The zero-order chi connectivity index (χ0) is 20.5. The summed E-state index contributed by atoms with van der Waals surface area (Å²) < 4.78 is 6.27. The van der Waals surface area contributed by atoms with E-state index in [9.17, 15) is 4.79 Å². The van der Waals surface area contributed by atoms with Gasteiger partial charge in [0, 0.05) is 4.47 Å². The molecule has 0 fully saturated rings. The Hall–Kier alpha value is -1.87. The molecule has 0 saturated carbocycles. The highest BCUT2D eigenvalue weighted by molar-refractivity contribution is 9.10. The van der Waals surface area contributed by atoms with Crippen molar-refractivity contribution in [3.8, 4) is 0 Å². The summed E-state index contributed by atoms with van der Waals surface area (Å²) in [6, 6.07) is 14.4. The lowest BCUT2D eigenvalue weighted by molar-refractivity contribution is -0.136. The van der Waals surface area contributed by atoms with Crippen molar-refractivity contribution in [2.45, 2.75) is 58.3 Å². The van der Waals surface area contributed by atoms with Crippen LogP contribution in [-0.2, 0) is 20.4 Å². The quantitative estimate of drug-likeness (QED) is 0.293.